The molecule has 0 aliphatic heterocycles. The van der Waals surface area contributed by atoms with Gasteiger partial charge in [-0.2, -0.15) is 0 Å². The topological polar surface area (TPSA) is 74.6 Å². The van der Waals surface area contributed by atoms with E-state index in [0.717, 1.165) is 6.08 Å². The van der Waals surface area contributed by atoms with Gasteiger partial charge in [0, 0.05) is 0 Å². The molecule has 0 aromatic rings. The molecular weight excluding hydrogens is 148 g/mol. The summed E-state index contributed by atoms with van der Waals surface area (Å²) in [5, 5.41) is 16.6. The molecular formula is C7H8O4. The number of aliphatic carboxylic acids is 2. The molecule has 0 atom stereocenters. The predicted molar refractivity (Wildman–Crippen MR) is 38.2 cm³/mol. The zero-order valence-electron chi connectivity index (χ0n) is 5.94. The standard InChI is InChI=1S/C7H8O4/c1-2-3-4-5(6(8)9)7(10)11/h2-4H,1H3,(H,8,9)(H,10,11)/b3-2+. The third kappa shape index (κ3) is 3.20. The summed E-state index contributed by atoms with van der Waals surface area (Å²) >= 11 is 0. The molecule has 4 nitrogen and oxygen atoms in total. The van der Waals surface area contributed by atoms with Crippen molar-refractivity contribution in [1.29, 1.82) is 0 Å². The Labute approximate surface area is 63.5 Å². The van der Waals surface area contributed by atoms with E-state index in [1.807, 2.05) is 0 Å². The quantitative estimate of drug-likeness (QED) is 0.272. The van der Waals surface area contributed by atoms with Crippen molar-refractivity contribution in [1.82, 2.24) is 0 Å². The van der Waals surface area contributed by atoms with Gasteiger partial charge in [-0.1, -0.05) is 12.2 Å². The molecule has 60 valence electrons. The number of carboxylic acids is 2. The van der Waals surface area contributed by atoms with Crippen molar-refractivity contribution in [3.63, 3.8) is 0 Å². The Hall–Kier alpha value is -1.58. The Balaban J connectivity index is 4.60. The summed E-state index contributed by atoms with van der Waals surface area (Å²) in [6, 6.07) is 0. The molecule has 4 heteroatoms. The molecule has 0 aliphatic carbocycles. The first-order chi connectivity index (χ1) is 5.09. The normalized spacial score (nSPS) is 9.55. The Bertz CT molecular complexity index is 209. The molecule has 0 saturated carbocycles. The third-order valence-corrected chi connectivity index (χ3v) is 0.916. The van der Waals surface area contributed by atoms with E-state index in [4.69, 9.17) is 10.2 Å². The van der Waals surface area contributed by atoms with E-state index in [0.29, 0.717) is 0 Å². The van der Waals surface area contributed by atoms with E-state index < -0.39 is 17.5 Å². The monoisotopic (exact) mass is 156 g/mol. The number of allylic oxidation sites excluding steroid dienone is 3. The summed E-state index contributed by atoms with van der Waals surface area (Å²) in [4.78, 5) is 20.3. The number of hydrogen-bond acceptors (Lipinski definition) is 2. The van der Waals surface area contributed by atoms with E-state index in [2.05, 4.69) is 0 Å². The van der Waals surface area contributed by atoms with Gasteiger partial charge >= 0.3 is 11.9 Å². The van der Waals surface area contributed by atoms with Gasteiger partial charge in [0.25, 0.3) is 0 Å². The lowest BCUT2D eigenvalue weighted by Crippen LogP contribution is -2.10. The van der Waals surface area contributed by atoms with E-state index in [9.17, 15) is 9.59 Å². The zero-order valence-corrected chi connectivity index (χ0v) is 5.94. The summed E-state index contributed by atoms with van der Waals surface area (Å²) in [5.74, 6) is -2.87. The van der Waals surface area contributed by atoms with Crippen molar-refractivity contribution in [3.05, 3.63) is 23.8 Å². The van der Waals surface area contributed by atoms with Crippen LogP contribution in [0.25, 0.3) is 0 Å². The largest absolute Gasteiger partial charge is 0.477 e. The second-order valence-corrected chi connectivity index (χ2v) is 1.72. The molecule has 0 unspecified atom stereocenters. The summed E-state index contributed by atoms with van der Waals surface area (Å²) in [6.07, 6.45) is 3.94. The average Bonchev–Trinajstić information content (AvgIpc) is 1.87. The highest BCUT2D eigenvalue weighted by atomic mass is 16.4. The van der Waals surface area contributed by atoms with E-state index >= 15 is 0 Å². The molecule has 0 bridgehead atoms. The Morgan fingerprint density at radius 3 is 1.91 bits per heavy atom. The number of carboxylic acid groups (broad SMARTS) is 2. The second-order valence-electron chi connectivity index (χ2n) is 1.72. The fourth-order valence-corrected chi connectivity index (χ4v) is 0.427. The van der Waals surface area contributed by atoms with Crippen LogP contribution in [0.5, 0.6) is 0 Å². The van der Waals surface area contributed by atoms with Crippen molar-refractivity contribution < 1.29 is 19.8 Å². The molecule has 0 fully saturated rings. The van der Waals surface area contributed by atoms with Crippen LogP contribution in [0.15, 0.2) is 23.8 Å². The zero-order chi connectivity index (χ0) is 8.85. The lowest BCUT2D eigenvalue weighted by molar-refractivity contribution is -0.140. The highest BCUT2D eigenvalue weighted by molar-refractivity contribution is 6.12. The van der Waals surface area contributed by atoms with Crippen molar-refractivity contribution in [2.75, 3.05) is 0 Å². The van der Waals surface area contributed by atoms with Crippen molar-refractivity contribution >= 4 is 11.9 Å². The number of carbonyl (C=O) groups is 2. The highest BCUT2D eigenvalue weighted by Crippen LogP contribution is 1.94. The van der Waals surface area contributed by atoms with Gasteiger partial charge in [-0.3, -0.25) is 0 Å². The molecule has 0 aromatic heterocycles. The van der Waals surface area contributed by atoms with Crippen LogP contribution in [0, 0.1) is 0 Å². The van der Waals surface area contributed by atoms with Gasteiger partial charge in [-0.15, -0.1) is 0 Å². The first kappa shape index (κ1) is 9.42. The van der Waals surface area contributed by atoms with Gasteiger partial charge in [-0.05, 0) is 13.0 Å². The van der Waals surface area contributed by atoms with Gasteiger partial charge < -0.3 is 10.2 Å². The Kier molecular flexibility index (Phi) is 3.66. The Morgan fingerprint density at radius 1 is 1.18 bits per heavy atom. The van der Waals surface area contributed by atoms with Gasteiger partial charge in [0.05, 0.1) is 0 Å². The van der Waals surface area contributed by atoms with Crippen molar-refractivity contribution in [3.8, 4) is 0 Å². The smallest absolute Gasteiger partial charge is 0.343 e. The van der Waals surface area contributed by atoms with Crippen LogP contribution in [-0.4, -0.2) is 22.2 Å². The van der Waals surface area contributed by atoms with E-state index in [-0.39, 0.29) is 0 Å². The molecule has 2 N–H and O–H groups in total. The second kappa shape index (κ2) is 4.27. The molecule has 0 radical (unpaired) electrons. The molecule has 0 amide bonds. The molecule has 0 rings (SSSR count). The number of rotatable bonds is 3. The molecule has 11 heavy (non-hydrogen) atoms. The first-order valence-corrected chi connectivity index (χ1v) is 2.89. The average molecular weight is 156 g/mol. The summed E-state index contributed by atoms with van der Waals surface area (Å²) < 4.78 is 0. The van der Waals surface area contributed by atoms with Crippen LogP contribution in [-0.2, 0) is 9.59 Å². The number of hydrogen-bond donors (Lipinski definition) is 2. The van der Waals surface area contributed by atoms with Gasteiger partial charge in [0.2, 0.25) is 0 Å². The van der Waals surface area contributed by atoms with Crippen LogP contribution in [0.3, 0.4) is 0 Å². The minimum Gasteiger partial charge on any atom is -0.477 e. The lowest BCUT2D eigenvalue weighted by atomic mass is 10.2. The third-order valence-electron chi connectivity index (χ3n) is 0.916. The highest BCUT2D eigenvalue weighted by Gasteiger charge is 2.13. The van der Waals surface area contributed by atoms with Gasteiger partial charge in [0.15, 0.2) is 0 Å². The maximum Gasteiger partial charge on any atom is 0.343 e. The van der Waals surface area contributed by atoms with Crippen molar-refractivity contribution in [2.45, 2.75) is 6.92 Å². The maximum atomic E-state index is 10.2. The lowest BCUT2D eigenvalue weighted by Gasteiger charge is -1.90. The SMILES string of the molecule is C/C=C/C=C(C(=O)O)C(=O)O. The van der Waals surface area contributed by atoms with Crippen LogP contribution in [0.2, 0.25) is 0 Å². The van der Waals surface area contributed by atoms with E-state index in [1.54, 1.807) is 13.0 Å². The minimum atomic E-state index is -1.43. The predicted octanol–water partition coefficient (Wildman–Crippen LogP) is 0.658. The van der Waals surface area contributed by atoms with Crippen LogP contribution >= 0.6 is 0 Å². The molecule has 0 heterocycles. The first-order valence-electron chi connectivity index (χ1n) is 2.89. The van der Waals surface area contributed by atoms with Crippen molar-refractivity contribution in [2.24, 2.45) is 0 Å². The Morgan fingerprint density at radius 2 is 1.64 bits per heavy atom. The van der Waals surface area contributed by atoms with Gasteiger partial charge in [-0.25, -0.2) is 9.59 Å². The minimum absolute atomic E-state index is 0.636. The molecule has 0 aliphatic rings. The summed E-state index contributed by atoms with van der Waals surface area (Å²) in [5.41, 5.74) is -0.636. The fourth-order valence-electron chi connectivity index (χ4n) is 0.427. The van der Waals surface area contributed by atoms with Gasteiger partial charge in [0.1, 0.15) is 5.57 Å². The fraction of sp³-hybridized carbons (Fsp3) is 0.143. The summed E-state index contributed by atoms with van der Waals surface area (Å²) in [6.45, 7) is 1.66. The summed E-state index contributed by atoms with van der Waals surface area (Å²) in [7, 11) is 0. The van der Waals surface area contributed by atoms with E-state index in [1.165, 1.54) is 6.08 Å². The maximum absolute atomic E-state index is 10.2. The van der Waals surface area contributed by atoms with Crippen LogP contribution in [0.4, 0.5) is 0 Å². The van der Waals surface area contributed by atoms with Crippen LogP contribution < -0.4 is 0 Å². The van der Waals surface area contributed by atoms with Crippen LogP contribution in [0.1, 0.15) is 6.92 Å². The molecule has 0 saturated heterocycles. The molecule has 0 spiro atoms. The molecule has 0 aromatic carbocycles.